The van der Waals surface area contributed by atoms with Crippen molar-refractivity contribution < 1.29 is 9.59 Å². The van der Waals surface area contributed by atoms with Gasteiger partial charge in [0.15, 0.2) is 0 Å². The molecule has 2 saturated heterocycles. The Morgan fingerprint density at radius 2 is 1.88 bits per heavy atom. The topological polar surface area (TPSA) is 52.6 Å². The van der Waals surface area contributed by atoms with Crippen LogP contribution in [0.5, 0.6) is 0 Å². The molecule has 0 aromatic rings. The van der Waals surface area contributed by atoms with Crippen molar-refractivity contribution >= 4 is 24.6 Å². The van der Waals surface area contributed by atoms with Crippen molar-refractivity contribution in [3.8, 4) is 0 Å². The highest BCUT2D eigenvalue weighted by atomic mass is 32.1. The standard InChI is InChI=1S/C20H31N3O2S/c1-16(2)9-10-17(8-5-15-26)22-12-3-6-18(7-4-13-22)23-14-11-19(24)21-20(23)25/h5,8-10,15-16,18,26H,3-4,6-7,11-14H2,1-2H3,(H,21,24,25)/b10-9+,15-5-,17-8+. The monoisotopic (exact) mass is 377 g/mol. The molecule has 0 aliphatic carbocycles. The fourth-order valence-corrected chi connectivity index (χ4v) is 3.57. The molecule has 0 aromatic heterocycles. The third-order valence-electron chi connectivity index (χ3n) is 4.83. The Bertz CT molecular complexity index is 574. The van der Waals surface area contributed by atoms with Crippen LogP contribution < -0.4 is 5.32 Å². The first-order chi connectivity index (χ1) is 12.5. The number of carbonyl (C=O) groups is 2. The predicted molar refractivity (Wildman–Crippen MR) is 109 cm³/mol. The van der Waals surface area contributed by atoms with Crippen LogP contribution in [0.2, 0.25) is 0 Å². The van der Waals surface area contributed by atoms with Gasteiger partial charge in [0, 0.05) is 37.8 Å². The van der Waals surface area contributed by atoms with Crippen molar-refractivity contribution in [1.82, 2.24) is 15.1 Å². The molecule has 2 heterocycles. The molecular formula is C20H31N3O2S. The molecule has 144 valence electrons. The van der Waals surface area contributed by atoms with Crippen LogP contribution in [0.15, 0.2) is 35.4 Å². The van der Waals surface area contributed by atoms with E-state index in [1.807, 2.05) is 11.0 Å². The molecule has 0 saturated carbocycles. The summed E-state index contributed by atoms with van der Waals surface area (Å²) in [5, 5.41) is 4.19. The fourth-order valence-electron chi connectivity index (χ4n) is 3.49. The minimum absolute atomic E-state index is 0.160. The number of thiol groups is 1. The van der Waals surface area contributed by atoms with Gasteiger partial charge >= 0.3 is 6.03 Å². The smallest absolute Gasteiger partial charge is 0.324 e. The van der Waals surface area contributed by atoms with E-state index in [2.05, 4.69) is 54.9 Å². The van der Waals surface area contributed by atoms with Crippen LogP contribution in [-0.2, 0) is 4.79 Å². The van der Waals surface area contributed by atoms with Crippen LogP contribution in [0, 0.1) is 5.92 Å². The molecule has 0 spiro atoms. The quantitative estimate of drug-likeness (QED) is 0.567. The van der Waals surface area contributed by atoms with Gasteiger partial charge in [0.1, 0.15) is 0 Å². The maximum Gasteiger partial charge on any atom is 0.324 e. The average Bonchev–Trinajstić information content (AvgIpc) is 2.56. The number of hydrogen-bond acceptors (Lipinski definition) is 4. The summed E-state index contributed by atoms with van der Waals surface area (Å²) >= 11 is 4.16. The number of rotatable bonds is 5. The third kappa shape index (κ3) is 6.24. The Morgan fingerprint density at radius 3 is 2.46 bits per heavy atom. The third-order valence-corrected chi connectivity index (χ3v) is 5.00. The van der Waals surface area contributed by atoms with E-state index in [-0.39, 0.29) is 18.0 Å². The summed E-state index contributed by atoms with van der Waals surface area (Å²) in [4.78, 5) is 27.7. The molecule has 6 heteroatoms. The van der Waals surface area contributed by atoms with Gasteiger partial charge in [-0.1, -0.05) is 26.0 Å². The van der Waals surface area contributed by atoms with Crippen molar-refractivity contribution in [3.05, 3.63) is 35.4 Å². The Balaban J connectivity index is 1.97. The summed E-state index contributed by atoms with van der Waals surface area (Å²) in [6.07, 6.45) is 12.9. The Hall–Kier alpha value is -1.69. The number of carbonyl (C=O) groups excluding carboxylic acids is 2. The van der Waals surface area contributed by atoms with Crippen molar-refractivity contribution in [2.45, 2.75) is 52.0 Å². The Labute approximate surface area is 162 Å². The number of imide groups is 1. The highest BCUT2D eigenvalue weighted by Crippen LogP contribution is 2.22. The molecule has 2 aliphatic rings. The van der Waals surface area contributed by atoms with Gasteiger partial charge < -0.3 is 9.80 Å². The number of nitrogens with one attached hydrogen (secondary N) is 1. The summed E-state index contributed by atoms with van der Waals surface area (Å²) in [6.45, 7) is 6.84. The summed E-state index contributed by atoms with van der Waals surface area (Å²) < 4.78 is 0. The zero-order valence-electron chi connectivity index (χ0n) is 15.9. The first kappa shape index (κ1) is 20.6. The largest absolute Gasteiger partial charge is 0.372 e. The molecule has 2 fully saturated rings. The van der Waals surface area contributed by atoms with Crippen LogP contribution in [0.25, 0.3) is 0 Å². The number of likely N-dealkylation sites (tertiary alicyclic amines) is 1. The van der Waals surface area contributed by atoms with E-state index in [0.717, 1.165) is 38.8 Å². The van der Waals surface area contributed by atoms with E-state index in [4.69, 9.17) is 0 Å². The maximum absolute atomic E-state index is 12.1. The van der Waals surface area contributed by atoms with E-state index in [1.165, 1.54) is 5.70 Å². The molecule has 0 radical (unpaired) electrons. The highest BCUT2D eigenvalue weighted by molar-refractivity contribution is 7.83. The second kappa shape index (κ2) is 10.5. The van der Waals surface area contributed by atoms with Gasteiger partial charge in [0.05, 0.1) is 0 Å². The van der Waals surface area contributed by atoms with E-state index < -0.39 is 0 Å². The molecule has 2 aliphatic heterocycles. The molecule has 0 unspecified atom stereocenters. The minimum Gasteiger partial charge on any atom is -0.372 e. The lowest BCUT2D eigenvalue weighted by atomic mass is 10.00. The predicted octanol–water partition coefficient (Wildman–Crippen LogP) is 3.71. The number of nitrogens with zero attached hydrogens (tertiary/aromatic N) is 2. The van der Waals surface area contributed by atoms with Crippen molar-refractivity contribution in [2.75, 3.05) is 19.6 Å². The summed E-state index contributed by atoms with van der Waals surface area (Å²) in [6, 6.07) is 0.0178. The van der Waals surface area contributed by atoms with Crippen LogP contribution in [0.1, 0.15) is 46.0 Å². The molecular weight excluding hydrogens is 346 g/mol. The lowest BCUT2D eigenvalue weighted by Crippen LogP contribution is -2.54. The zero-order valence-corrected chi connectivity index (χ0v) is 16.8. The minimum atomic E-state index is -0.219. The normalized spacial score (nSPS) is 21.6. The number of hydrogen-bond donors (Lipinski definition) is 2. The second-order valence-electron chi connectivity index (χ2n) is 7.26. The second-order valence-corrected chi connectivity index (χ2v) is 7.56. The Morgan fingerprint density at radius 1 is 1.19 bits per heavy atom. The molecule has 1 N–H and O–H groups in total. The van der Waals surface area contributed by atoms with E-state index >= 15 is 0 Å². The first-order valence-corrected chi connectivity index (χ1v) is 10.1. The van der Waals surface area contributed by atoms with Crippen LogP contribution in [-0.4, -0.2) is 47.4 Å². The van der Waals surface area contributed by atoms with Gasteiger partial charge in [-0.15, -0.1) is 0 Å². The first-order valence-electron chi connectivity index (χ1n) is 9.56. The molecule has 0 bridgehead atoms. The molecule has 26 heavy (non-hydrogen) atoms. The summed E-state index contributed by atoms with van der Waals surface area (Å²) in [7, 11) is 0. The van der Waals surface area contributed by atoms with Crippen LogP contribution in [0.4, 0.5) is 4.79 Å². The van der Waals surface area contributed by atoms with Gasteiger partial charge in [-0.3, -0.25) is 10.1 Å². The van der Waals surface area contributed by atoms with Crippen LogP contribution in [0.3, 0.4) is 0 Å². The van der Waals surface area contributed by atoms with Gasteiger partial charge in [0.2, 0.25) is 5.91 Å². The van der Waals surface area contributed by atoms with Gasteiger partial charge in [0.25, 0.3) is 0 Å². The van der Waals surface area contributed by atoms with Crippen molar-refractivity contribution in [1.29, 1.82) is 0 Å². The number of amides is 3. The number of allylic oxidation sites excluding steroid dienone is 4. The molecule has 0 aromatic carbocycles. The fraction of sp³-hybridized carbons (Fsp3) is 0.600. The zero-order chi connectivity index (χ0) is 18.9. The van der Waals surface area contributed by atoms with Gasteiger partial charge in [-0.2, -0.15) is 12.6 Å². The Kier molecular flexibility index (Phi) is 8.29. The lowest BCUT2D eigenvalue weighted by Gasteiger charge is -2.37. The molecule has 2 rings (SSSR count). The van der Waals surface area contributed by atoms with Gasteiger partial charge in [-0.05, 0) is 49.2 Å². The maximum atomic E-state index is 12.1. The highest BCUT2D eigenvalue weighted by Gasteiger charge is 2.29. The molecule has 5 nitrogen and oxygen atoms in total. The van der Waals surface area contributed by atoms with Crippen molar-refractivity contribution in [2.24, 2.45) is 5.92 Å². The van der Waals surface area contributed by atoms with E-state index in [1.54, 1.807) is 5.41 Å². The summed E-state index contributed by atoms with van der Waals surface area (Å²) in [5.74, 6) is 0.352. The molecule has 3 amide bonds. The number of urea groups is 1. The van der Waals surface area contributed by atoms with Crippen molar-refractivity contribution in [3.63, 3.8) is 0 Å². The lowest BCUT2D eigenvalue weighted by molar-refractivity contribution is -0.121. The SMILES string of the molecule is CC(C)/C=C/C(=C\C=C/S)N1CCCC(N2CCC(=O)NC2=O)CCC1. The van der Waals surface area contributed by atoms with Gasteiger partial charge in [-0.25, -0.2) is 4.79 Å². The van der Waals surface area contributed by atoms with Crippen LogP contribution >= 0.6 is 12.6 Å². The van der Waals surface area contributed by atoms with E-state index in [0.29, 0.717) is 18.9 Å². The summed E-state index contributed by atoms with van der Waals surface area (Å²) in [5.41, 5.74) is 1.21. The van der Waals surface area contributed by atoms with E-state index in [9.17, 15) is 9.59 Å². The molecule has 0 atom stereocenters. The average molecular weight is 378 g/mol.